The minimum atomic E-state index is -0.428. The molecule has 3 aromatic carbocycles. The molecule has 9 heteroatoms. The number of nitrogens with zero attached hydrogens (tertiary/aromatic N) is 1. The number of amides is 1. The summed E-state index contributed by atoms with van der Waals surface area (Å²) < 4.78 is 15.8. The molecule has 2 N–H and O–H groups in total. The minimum Gasteiger partial charge on any atom is -0.331 e. The van der Waals surface area contributed by atoms with Crippen LogP contribution in [0.3, 0.4) is 0 Å². The van der Waals surface area contributed by atoms with Crippen molar-refractivity contribution in [1.82, 2.24) is 10.3 Å². The molecule has 30 heavy (non-hydrogen) atoms. The minimum absolute atomic E-state index is 0.120. The maximum Gasteiger partial charge on any atom is 0.257 e. The second-order valence-electron chi connectivity index (χ2n) is 6.21. The predicted octanol–water partition coefficient (Wildman–Crippen LogP) is 6.75. The zero-order valence-electron chi connectivity index (χ0n) is 15.1. The molecule has 1 heterocycles. The van der Waals surface area contributed by atoms with Crippen molar-refractivity contribution in [3.8, 4) is 10.6 Å². The zero-order valence-corrected chi connectivity index (χ0v) is 19.9. The summed E-state index contributed by atoms with van der Waals surface area (Å²) in [6, 6.07) is 17.0. The van der Waals surface area contributed by atoms with Crippen LogP contribution in [0.4, 0.5) is 10.1 Å². The Morgan fingerprint density at radius 3 is 2.53 bits per heavy atom. The topological polar surface area (TPSA) is 54.0 Å². The van der Waals surface area contributed by atoms with Gasteiger partial charge in [0.25, 0.3) is 5.91 Å². The summed E-state index contributed by atoms with van der Waals surface area (Å²) in [4.78, 5) is 17.1. The summed E-state index contributed by atoms with van der Waals surface area (Å²) >= 11 is 14.0. The van der Waals surface area contributed by atoms with Gasteiger partial charge in [-0.3, -0.25) is 10.1 Å². The standard InChI is InChI=1S/C21H12Br2FN3OS2/c22-12-9-14(20-25-16-3-1-2-4-17(16)30-20)18(15(23)10-12)26-21(29)27-19(28)11-5-7-13(24)8-6-11/h1-10H,(H2,26,27,28,29). The van der Waals surface area contributed by atoms with E-state index in [1.165, 1.54) is 24.3 Å². The van der Waals surface area contributed by atoms with Crippen LogP contribution in [0.5, 0.6) is 0 Å². The fraction of sp³-hybridized carbons (Fsp3) is 0. The average molecular weight is 565 g/mol. The quantitative estimate of drug-likeness (QED) is 0.270. The summed E-state index contributed by atoms with van der Waals surface area (Å²) in [5.41, 5.74) is 2.73. The van der Waals surface area contributed by atoms with Crippen molar-refractivity contribution < 1.29 is 9.18 Å². The first-order chi connectivity index (χ1) is 14.4. The molecule has 0 saturated heterocycles. The van der Waals surface area contributed by atoms with Gasteiger partial charge in [0.2, 0.25) is 0 Å². The van der Waals surface area contributed by atoms with Crippen LogP contribution in [0.25, 0.3) is 20.8 Å². The van der Waals surface area contributed by atoms with Gasteiger partial charge >= 0.3 is 0 Å². The fourth-order valence-corrected chi connectivity index (χ4v) is 5.29. The number of aromatic nitrogens is 1. The molecule has 0 bridgehead atoms. The molecule has 0 atom stereocenters. The number of anilines is 1. The van der Waals surface area contributed by atoms with Crippen LogP contribution in [-0.2, 0) is 0 Å². The molecule has 0 aliphatic carbocycles. The van der Waals surface area contributed by atoms with Crippen LogP contribution < -0.4 is 10.6 Å². The number of rotatable bonds is 3. The van der Waals surface area contributed by atoms with E-state index in [0.717, 1.165) is 29.7 Å². The van der Waals surface area contributed by atoms with Crippen molar-refractivity contribution in [2.75, 3.05) is 5.32 Å². The van der Waals surface area contributed by atoms with Gasteiger partial charge in [-0.05, 0) is 76.7 Å². The second-order valence-corrected chi connectivity index (χ2v) is 9.42. The number of nitrogens with one attached hydrogen (secondary N) is 2. The molecule has 1 amide bonds. The number of thiazole rings is 1. The van der Waals surface area contributed by atoms with Crippen molar-refractivity contribution in [3.63, 3.8) is 0 Å². The first kappa shape index (κ1) is 21.0. The van der Waals surface area contributed by atoms with E-state index in [2.05, 4.69) is 42.5 Å². The molecule has 4 nitrogen and oxygen atoms in total. The van der Waals surface area contributed by atoms with E-state index >= 15 is 0 Å². The Balaban J connectivity index is 1.63. The smallest absolute Gasteiger partial charge is 0.257 e. The highest BCUT2D eigenvalue weighted by Gasteiger charge is 2.17. The van der Waals surface area contributed by atoms with E-state index in [4.69, 9.17) is 17.2 Å². The Morgan fingerprint density at radius 2 is 1.80 bits per heavy atom. The Kier molecular flexibility index (Phi) is 6.24. The van der Waals surface area contributed by atoms with E-state index in [1.54, 1.807) is 11.3 Å². The lowest BCUT2D eigenvalue weighted by molar-refractivity contribution is 0.0977. The summed E-state index contributed by atoms with van der Waals surface area (Å²) in [7, 11) is 0. The number of benzene rings is 3. The zero-order chi connectivity index (χ0) is 21.3. The van der Waals surface area contributed by atoms with E-state index in [-0.39, 0.29) is 5.11 Å². The molecule has 0 aliphatic heterocycles. The van der Waals surface area contributed by atoms with Crippen molar-refractivity contribution in [2.45, 2.75) is 0 Å². The second kappa shape index (κ2) is 8.89. The first-order valence-corrected chi connectivity index (χ1v) is 11.4. The molecule has 1 aromatic heterocycles. The summed E-state index contributed by atoms with van der Waals surface area (Å²) in [6.45, 7) is 0. The lowest BCUT2D eigenvalue weighted by atomic mass is 10.2. The van der Waals surface area contributed by atoms with Crippen LogP contribution in [0.1, 0.15) is 10.4 Å². The Morgan fingerprint density at radius 1 is 1.07 bits per heavy atom. The molecule has 0 saturated carbocycles. The predicted molar refractivity (Wildman–Crippen MR) is 131 cm³/mol. The Bertz CT molecular complexity index is 1240. The van der Waals surface area contributed by atoms with Gasteiger partial charge < -0.3 is 5.32 Å². The number of para-hydroxylation sites is 1. The third-order valence-electron chi connectivity index (χ3n) is 4.15. The highest BCUT2D eigenvalue weighted by Crippen LogP contribution is 2.40. The number of carbonyl (C=O) groups is 1. The molecule has 0 aliphatic rings. The monoisotopic (exact) mass is 563 g/mol. The molecule has 4 aromatic rings. The Labute approximate surface area is 197 Å². The Hall–Kier alpha value is -2.20. The van der Waals surface area contributed by atoms with Crippen LogP contribution in [-0.4, -0.2) is 16.0 Å². The SMILES string of the molecule is O=C(NC(=S)Nc1c(Br)cc(Br)cc1-c1nc2ccccc2s1)c1ccc(F)cc1. The number of hydrogen-bond acceptors (Lipinski definition) is 4. The lowest BCUT2D eigenvalue weighted by Gasteiger charge is -2.15. The van der Waals surface area contributed by atoms with Gasteiger partial charge in [-0.1, -0.05) is 28.1 Å². The van der Waals surface area contributed by atoms with Crippen LogP contribution in [0.15, 0.2) is 69.6 Å². The molecule has 0 unspecified atom stereocenters. The van der Waals surface area contributed by atoms with Crippen molar-refractivity contribution in [2.24, 2.45) is 0 Å². The maximum atomic E-state index is 13.1. The maximum absolute atomic E-state index is 13.1. The van der Waals surface area contributed by atoms with Crippen LogP contribution in [0, 0.1) is 5.82 Å². The largest absolute Gasteiger partial charge is 0.331 e. The molecule has 0 radical (unpaired) electrons. The first-order valence-electron chi connectivity index (χ1n) is 8.63. The van der Waals surface area contributed by atoms with E-state index in [0.29, 0.717) is 11.3 Å². The summed E-state index contributed by atoms with van der Waals surface area (Å²) in [5, 5.41) is 6.64. The number of thiocarbonyl (C=S) groups is 1. The molecular weight excluding hydrogens is 553 g/mol. The third kappa shape index (κ3) is 4.59. The van der Waals surface area contributed by atoms with E-state index in [1.807, 2.05) is 36.4 Å². The summed E-state index contributed by atoms with van der Waals surface area (Å²) in [5.74, 6) is -0.839. The number of fused-ring (bicyclic) bond motifs is 1. The normalized spacial score (nSPS) is 10.8. The van der Waals surface area contributed by atoms with Crippen molar-refractivity contribution >= 4 is 82.3 Å². The number of carbonyl (C=O) groups excluding carboxylic acids is 1. The van der Waals surface area contributed by atoms with Gasteiger partial charge in [0.1, 0.15) is 10.8 Å². The molecule has 0 fully saturated rings. The fourth-order valence-electron chi connectivity index (χ4n) is 2.78. The van der Waals surface area contributed by atoms with Gasteiger partial charge in [0, 0.05) is 20.1 Å². The van der Waals surface area contributed by atoms with E-state index in [9.17, 15) is 9.18 Å². The average Bonchev–Trinajstić information content (AvgIpc) is 3.14. The van der Waals surface area contributed by atoms with Crippen LogP contribution >= 0.6 is 55.4 Å². The van der Waals surface area contributed by atoms with E-state index < -0.39 is 11.7 Å². The molecule has 0 spiro atoms. The molecule has 150 valence electrons. The van der Waals surface area contributed by atoms with Crippen LogP contribution in [0.2, 0.25) is 0 Å². The highest BCUT2D eigenvalue weighted by molar-refractivity contribution is 9.11. The molecular formula is C21H12Br2FN3OS2. The van der Waals surface area contributed by atoms with Crippen molar-refractivity contribution in [1.29, 1.82) is 0 Å². The van der Waals surface area contributed by atoms with Gasteiger partial charge in [-0.15, -0.1) is 11.3 Å². The van der Waals surface area contributed by atoms with Gasteiger partial charge in [-0.25, -0.2) is 9.37 Å². The highest BCUT2D eigenvalue weighted by atomic mass is 79.9. The molecule has 4 rings (SSSR count). The van der Waals surface area contributed by atoms with Gasteiger partial charge in [0.05, 0.1) is 15.9 Å². The number of halogens is 3. The van der Waals surface area contributed by atoms with Crippen molar-refractivity contribution in [3.05, 3.63) is 81.0 Å². The van der Waals surface area contributed by atoms with Gasteiger partial charge in [-0.2, -0.15) is 0 Å². The lowest BCUT2D eigenvalue weighted by Crippen LogP contribution is -2.34. The number of hydrogen-bond donors (Lipinski definition) is 2. The summed E-state index contributed by atoms with van der Waals surface area (Å²) in [6.07, 6.45) is 0. The third-order valence-corrected chi connectivity index (χ3v) is 6.51. The van der Waals surface area contributed by atoms with Gasteiger partial charge in [0.15, 0.2) is 5.11 Å².